The van der Waals surface area contributed by atoms with E-state index in [1.54, 1.807) is 30.1 Å². The number of aromatic nitrogens is 1. The normalized spacial score (nSPS) is 21.8. The Morgan fingerprint density at radius 1 is 1.30 bits per heavy atom. The average molecular weight is 300 g/mol. The molecule has 2 N–H and O–H groups in total. The highest BCUT2D eigenvalue weighted by atomic mass is 32.2. The lowest BCUT2D eigenvalue weighted by atomic mass is 9.71. The van der Waals surface area contributed by atoms with Gasteiger partial charge in [0.15, 0.2) is 0 Å². The van der Waals surface area contributed by atoms with Crippen LogP contribution < -0.4 is 4.72 Å². The van der Waals surface area contributed by atoms with Crippen molar-refractivity contribution < 1.29 is 13.5 Å². The molecule has 20 heavy (non-hydrogen) atoms. The molecule has 0 atom stereocenters. The van der Waals surface area contributed by atoms with Crippen LogP contribution in [-0.2, 0) is 17.1 Å². The molecule has 1 aromatic heterocycles. The highest BCUT2D eigenvalue weighted by molar-refractivity contribution is 7.89. The van der Waals surface area contributed by atoms with E-state index < -0.39 is 15.6 Å². The largest absolute Gasteiger partial charge is 0.389 e. The van der Waals surface area contributed by atoms with Gasteiger partial charge in [0.25, 0.3) is 0 Å². The molecule has 1 aliphatic carbocycles. The predicted octanol–water partition coefficient (Wildman–Crippen LogP) is 1.63. The Kier molecular flexibility index (Phi) is 4.01. The first-order valence-corrected chi connectivity index (χ1v) is 8.44. The van der Waals surface area contributed by atoms with Gasteiger partial charge in [-0.3, -0.25) is 0 Å². The van der Waals surface area contributed by atoms with Crippen molar-refractivity contribution in [3.8, 4) is 0 Å². The van der Waals surface area contributed by atoms with E-state index >= 15 is 0 Å². The minimum atomic E-state index is -3.54. The van der Waals surface area contributed by atoms with Crippen molar-refractivity contribution in [3.63, 3.8) is 0 Å². The van der Waals surface area contributed by atoms with E-state index in [0.717, 1.165) is 12.8 Å². The molecule has 0 saturated heterocycles. The number of hydrogen-bond donors (Lipinski definition) is 2. The van der Waals surface area contributed by atoms with Crippen LogP contribution in [0.4, 0.5) is 0 Å². The monoisotopic (exact) mass is 300 g/mol. The molecule has 0 unspecified atom stereocenters. The number of nitrogens with one attached hydrogen (secondary N) is 1. The highest BCUT2D eigenvalue weighted by Crippen LogP contribution is 2.39. The Balaban J connectivity index is 1.98. The average Bonchev–Trinajstić information content (AvgIpc) is 2.79. The third kappa shape index (κ3) is 3.62. The fourth-order valence-corrected chi connectivity index (χ4v) is 3.69. The fourth-order valence-electron chi connectivity index (χ4n) is 2.52. The third-order valence-corrected chi connectivity index (χ3v) is 5.63. The number of nitrogens with zero attached hydrogens (tertiary/aromatic N) is 1. The summed E-state index contributed by atoms with van der Waals surface area (Å²) in [4.78, 5) is 0.236. The maximum atomic E-state index is 12.1. The van der Waals surface area contributed by atoms with E-state index in [1.807, 2.05) is 0 Å². The molecule has 1 heterocycles. The van der Waals surface area contributed by atoms with Crippen LogP contribution in [0.3, 0.4) is 0 Å². The topological polar surface area (TPSA) is 71.3 Å². The molecule has 0 amide bonds. The quantitative estimate of drug-likeness (QED) is 0.888. The van der Waals surface area contributed by atoms with E-state index in [0.29, 0.717) is 12.8 Å². The van der Waals surface area contributed by atoms with Crippen LogP contribution in [0.1, 0.15) is 39.5 Å². The van der Waals surface area contributed by atoms with Crippen molar-refractivity contribution in [2.45, 2.75) is 50.0 Å². The maximum Gasteiger partial charge on any atom is 0.242 e. The van der Waals surface area contributed by atoms with Gasteiger partial charge in [0.1, 0.15) is 0 Å². The van der Waals surface area contributed by atoms with Gasteiger partial charge in [-0.15, -0.1) is 0 Å². The van der Waals surface area contributed by atoms with E-state index in [2.05, 4.69) is 18.6 Å². The van der Waals surface area contributed by atoms with E-state index in [-0.39, 0.29) is 16.9 Å². The molecular formula is C14H24N2O3S. The lowest BCUT2D eigenvalue weighted by molar-refractivity contribution is -0.0205. The number of rotatable bonds is 4. The van der Waals surface area contributed by atoms with Gasteiger partial charge >= 0.3 is 0 Å². The zero-order chi connectivity index (χ0) is 15.0. The fraction of sp³-hybridized carbons (Fsp3) is 0.714. The molecule has 0 aromatic carbocycles. The number of sulfonamides is 1. The number of hydrogen-bond acceptors (Lipinski definition) is 3. The van der Waals surface area contributed by atoms with Crippen molar-refractivity contribution in [2.75, 3.05) is 6.54 Å². The summed E-state index contributed by atoms with van der Waals surface area (Å²) in [6, 6.07) is 1.55. The summed E-state index contributed by atoms with van der Waals surface area (Å²) in [6.07, 6.45) is 6.34. The third-order valence-electron chi connectivity index (χ3n) is 4.24. The van der Waals surface area contributed by atoms with Gasteiger partial charge in [-0.05, 0) is 37.2 Å². The summed E-state index contributed by atoms with van der Waals surface area (Å²) in [7, 11) is -1.76. The Labute approximate surface area is 121 Å². The molecule has 1 aromatic rings. The van der Waals surface area contributed by atoms with Gasteiger partial charge in [0.2, 0.25) is 10.0 Å². The Bertz CT molecular complexity index is 565. The lowest BCUT2D eigenvalue weighted by Crippen LogP contribution is -2.46. The van der Waals surface area contributed by atoms with Gasteiger partial charge in [0.05, 0.1) is 10.5 Å². The summed E-state index contributed by atoms with van der Waals surface area (Å²) in [6.45, 7) is 4.45. The molecule has 2 rings (SSSR count). The van der Waals surface area contributed by atoms with Gasteiger partial charge in [-0.1, -0.05) is 13.8 Å². The summed E-state index contributed by atoms with van der Waals surface area (Å²) < 4.78 is 28.5. The van der Waals surface area contributed by atoms with Gasteiger partial charge in [0, 0.05) is 26.0 Å². The Morgan fingerprint density at radius 2 is 1.90 bits per heavy atom. The lowest BCUT2D eigenvalue weighted by Gasteiger charge is -2.40. The maximum absolute atomic E-state index is 12.1. The molecule has 0 spiro atoms. The summed E-state index contributed by atoms with van der Waals surface area (Å²) >= 11 is 0. The first kappa shape index (κ1) is 15.5. The Morgan fingerprint density at radius 3 is 2.40 bits per heavy atom. The van der Waals surface area contributed by atoms with Crippen LogP contribution in [0.15, 0.2) is 23.4 Å². The number of aliphatic hydroxyl groups is 1. The molecule has 0 radical (unpaired) electrons. The molecule has 0 aliphatic heterocycles. The number of aryl methyl sites for hydroxylation is 1. The molecule has 1 saturated carbocycles. The Hall–Kier alpha value is -0.850. The predicted molar refractivity (Wildman–Crippen MR) is 77.8 cm³/mol. The van der Waals surface area contributed by atoms with Crippen LogP contribution in [0.5, 0.6) is 0 Å². The van der Waals surface area contributed by atoms with Crippen LogP contribution in [0.25, 0.3) is 0 Å². The molecule has 0 bridgehead atoms. The van der Waals surface area contributed by atoms with Gasteiger partial charge in [-0.2, -0.15) is 0 Å². The molecule has 5 nitrogen and oxygen atoms in total. The van der Waals surface area contributed by atoms with E-state index in [1.165, 1.54) is 0 Å². The summed E-state index contributed by atoms with van der Waals surface area (Å²) in [5.74, 6) is 0. The van der Waals surface area contributed by atoms with Crippen LogP contribution in [0, 0.1) is 5.41 Å². The first-order valence-electron chi connectivity index (χ1n) is 6.96. The van der Waals surface area contributed by atoms with E-state index in [4.69, 9.17) is 0 Å². The highest BCUT2D eigenvalue weighted by Gasteiger charge is 2.37. The smallest absolute Gasteiger partial charge is 0.242 e. The van der Waals surface area contributed by atoms with Crippen LogP contribution >= 0.6 is 0 Å². The SMILES string of the molecule is Cn1ccc(S(=O)(=O)NCC2(O)CCC(C)(C)CC2)c1. The molecular weight excluding hydrogens is 276 g/mol. The minimum Gasteiger partial charge on any atom is -0.389 e. The van der Waals surface area contributed by atoms with Crippen LogP contribution in [-0.4, -0.2) is 30.2 Å². The van der Waals surface area contributed by atoms with Crippen molar-refractivity contribution in [1.29, 1.82) is 0 Å². The zero-order valence-corrected chi connectivity index (χ0v) is 13.2. The standard InChI is InChI=1S/C14H24N2O3S/c1-13(2)5-7-14(17,8-6-13)11-15-20(18,19)12-4-9-16(3)10-12/h4,9-10,15,17H,5-8,11H2,1-3H3. The van der Waals surface area contributed by atoms with Crippen molar-refractivity contribution in [3.05, 3.63) is 18.5 Å². The molecule has 1 aliphatic rings. The summed E-state index contributed by atoms with van der Waals surface area (Å²) in [5, 5.41) is 10.5. The zero-order valence-electron chi connectivity index (χ0n) is 12.4. The van der Waals surface area contributed by atoms with Crippen LogP contribution in [0.2, 0.25) is 0 Å². The van der Waals surface area contributed by atoms with Gasteiger partial charge < -0.3 is 9.67 Å². The minimum absolute atomic E-state index is 0.0836. The van der Waals surface area contributed by atoms with Crippen molar-refractivity contribution in [2.24, 2.45) is 12.5 Å². The molecule has 114 valence electrons. The van der Waals surface area contributed by atoms with Crippen molar-refractivity contribution in [1.82, 2.24) is 9.29 Å². The second kappa shape index (κ2) is 5.16. The summed E-state index contributed by atoms with van der Waals surface area (Å²) in [5.41, 5.74) is -0.679. The van der Waals surface area contributed by atoms with Crippen molar-refractivity contribution >= 4 is 10.0 Å². The first-order chi connectivity index (χ1) is 9.12. The van der Waals surface area contributed by atoms with E-state index in [9.17, 15) is 13.5 Å². The molecule has 1 fully saturated rings. The second-order valence-corrected chi connectivity index (χ2v) is 8.49. The molecule has 6 heteroatoms. The second-order valence-electron chi connectivity index (χ2n) is 6.73. The van der Waals surface area contributed by atoms with Gasteiger partial charge in [-0.25, -0.2) is 13.1 Å².